The van der Waals surface area contributed by atoms with Crippen LogP contribution in [-0.4, -0.2) is 17.8 Å². The number of aliphatic hydroxyl groups is 1. The molecule has 0 saturated heterocycles. The third-order valence-corrected chi connectivity index (χ3v) is 2.84. The van der Waals surface area contributed by atoms with Crippen LogP contribution in [0.5, 0.6) is 0 Å². The fraction of sp³-hybridized carbons (Fsp3) is 0.500. The van der Waals surface area contributed by atoms with Crippen LogP contribution in [-0.2, 0) is 11.3 Å². The average Bonchev–Trinajstić information content (AvgIpc) is 2.39. The molecule has 0 amide bonds. The van der Waals surface area contributed by atoms with Gasteiger partial charge in [0.15, 0.2) is 0 Å². The van der Waals surface area contributed by atoms with E-state index in [4.69, 9.17) is 4.74 Å². The minimum Gasteiger partial charge on any atom is -0.393 e. The van der Waals surface area contributed by atoms with Gasteiger partial charge in [-0.1, -0.05) is 56.3 Å². The lowest BCUT2D eigenvalue weighted by molar-refractivity contribution is 0.104. The Morgan fingerprint density at radius 1 is 1.28 bits per heavy atom. The molecule has 0 radical (unpaired) electrons. The second-order valence-electron chi connectivity index (χ2n) is 4.70. The molecule has 2 heteroatoms. The first kappa shape index (κ1) is 14.9. The standard InChI is InChI=1S/C16H24O2/c1-3-16(17)11-7-8-14(2)12-18-13-15-9-5-4-6-10-15/h4-10,14,16-17H,3,11-13H2,1-2H3/b8-7-/t14-,16-/m1/s1. The molecule has 0 bridgehead atoms. The van der Waals surface area contributed by atoms with Gasteiger partial charge in [0.05, 0.1) is 19.3 Å². The number of hydrogen-bond acceptors (Lipinski definition) is 2. The van der Waals surface area contributed by atoms with Crippen molar-refractivity contribution in [3.05, 3.63) is 48.0 Å². The fourth-order valence-electron chi connectivity index (χ4n) is 1.63. The zero-order chi connectivity index (χ0) is 13.2. The van der Waals surface area contributed by atoms with E-state index in [0.717, 1.165) is 12.8 Å². The summed E-state index contributed by atoms with van der Waals surface area (Å²) in [6.07, 6.45) is 5.50. The van der Waals surface area contributed by atoms with E-state index in [1.165, 1.54) is 5.56 Å². The first-order valence-electron chi connectivity index (χ1n) is 6.68. The Morgan fingerprint density at radius 2 is 2.00 bits per heavy atom. The largest absolute Gasteiger partial charge is 0.393 e. The van der Waals surface area contributed by atoms with Gasteiger partial charge in [0, 0.05) is 0 Å². The molecule has 0 saturated carbocycles. The highest BCUT2D eigenvalue weighted by Gasteiger charge is 2.00. The van der Waals surface area contributed by atoms with E-state index < -0.39 is 0 Å². The molecule has 1 rings (SSSR count). The molecule has 0 heterocycles. The van der Waals surface area contributed by atoms with Crippen LogP contribution < -0.4 is 0 Å². The van der Waals surface area contributed by atoms with Crippen molar-refractivity contribution in [1.82, 2.24) is 0 Å². The Labute approximate surface area is 110 Å². The summed E-state index contributed by atoms with van der Waals surface area (Å²) in [5.74, 6) is 0.387. The van der Waals surface area contributed by atoms with Gasteiger partial charge in [-0.05, 0) is 24.3 Å². The summed E-state index contributed by atoms with van der Waals surface area (Å²) in [4.78, 5) is 0. The minimum absolute atomic E-state index is 0.210. The van der Waals surface area contributed by atoms with Crippen molar-refractivity contribution >= 4 is 0 Å². The van der Waals surface area contributed by atoms with Crippen LogP contribution in [0.1, 0.15) is 32.3 Å². The summed E-state index contributed by atoms with van der Waals surface area (Å²) in [5, 5.41) is 9.41. The summed E-state index contributed by atoms with van der Waals surface area (Å²) in [6.45, 7) is 5.49. The number of hydrogen-bond donors (Lipinski definition) is 1. The summed E-state index contributed by atoms with van der Waals surface area (Å²) in [6, 6.07) is 10.2. The monoisotopic (exact) mass is 248 g/mol. The Bertz CT molecular complexity index is 332. The van der Waals surface area contributed by atoms with Crippen molar-refractivity contribution in [2.75, 3.05) is 6.61 Å². The average molecular weight is 248 g/mol. The lowest BCUT2D eigenvalue weighted by Crippen LogP contribution is -2.05. The molecule has 18 heavy (non-hydrogen) atoms. The smallest absolute Gasteiger partial charge is 0.0717 e. The topological polar surface area (TPSA) is 29.5 Å². The molecule has 0 aliphatic rings. The van der Waals surface area contributed by atoms with Crippen LogP contribution in [0.4, 0.5) is 0 Å². The van der Waals surface area contributed by atoms with Gasteiger partial charge in [-0.15, -0.1) is 0 Å². The molecular formula is C16H24O2. The molecule has 0 aliphatic heterocycles. The SMILES string of the molecule is CC[C@@H](O)C/C=C\[C@@H](C)COCc1ccccc1. The lowest BCUT2D eigenvalue weighted by Gasteiger charge is -2.08. The summed E-state index contributed by atoms with van der Waals surface area (Å²) >= 11 is 0. The van der Waals surface area contributed by atoms with Crippen LogP contribution in [0.2, 0.25) is 0 Å². The highest BCUT2D eigenvalue weighted by Crippen LogP contribution is 2.06. The molecule has 0 fully saturated rings. The predicted octanol–water partition coefficient (Wildman–Crippen LogP) is 3.56. The lowest BCUT2D eigenvalue weighted by atomic mass is 10.1. The third-order valence-electron chi connectivity index (χ3n) is 2.84. The molecule has 0 aromatic heterocycles. The maximum atomic E-state index is 9.41. The van der Waals surface area contributed by atoms with Gasteiger partial charge in [0.25, 0.3) is 0 Å². The Balaban J connectivity index is 2.15. The molecule has 1 N–H and O–H groups in total. The predicted molar refractivity (Wildman–Crippen MR) is 75.3 cm³/mol. The van der Waals surface area contributed by atoms with Crippen LogP contribution in [0.15, 0.2) is 42.5 Å². The summed E-state index contributed by atoms with van der Waals surface area (Å²) in [5.41, 5.74) is 1.20. The van der Waals surface area contributed by atoms with E-state index in [-0.39, 0.29) is 6.10 Å². The highest BCUT2D eigenvalue weighted by molar-refractivity contribution is 5.13. The number of rotatable bonds is 8. The molecule has 0 unspecified atom stereocenters. The highest BCUT2D eigenvalue weighted by atomic mass is 16.5. The Morgan fingerprint density at radius 3 is 2.67 bits per heavy atom. The zero-order valence-corrected chi connectivity index (χ0v) is 11.4. The zero-order valence-electron chi connectivity index (χ0n) is 11.4. The van der Waals surface area contributed by atoms with Gasteiger partial charge in [0.1, 0.15) is 0 Å². The van der Waals surface area contributed by atoms with Gasteiger partial charge in [-0.3, -0.25) is 0 Å². The first-order chi connectivity index (χ1) is 8.72. The summed E-state index contributed by atoms with van der Waals surface area (Å²) in [7, 11) is 0. The van der Waals surface area contributed by atoms with E-state index in [1.807, 2.05) is 31.2 Å². The Hall–Kier alpha value is -1.12. The summed E-state index contributed by atoms with van der Waals surface area (Å²) < 4.78 is 5.65. The van der Waals surface area contributed by atoms with Gasteiger partial charge in [-0.25, -0.2) is 0 Å². The number of ether oxygens (including phenoxy) is 1. The van der Waals surface area contributed by atoms with E-state index >= 15 is 0 Å². The van der Waals surface area contributed by atoms with Crippen molar-refractivity contribution in [2.45, 2.75) is 39.4 Å². The maximum Gasteiger partial charge on any atom is 0.0717 e. The number of aliphatic hydroxyl groups excluding tert-OH is 1. The third kappa shape index (κ3) is 6.58. The van der Waals surface area contributed by atoms with Crippen molar-refractivity contribution in [3.8, 4) is 0 Å². The van der Waals surface area contributed by atoms with Gasteiger partial charge in [-0.2, -0.15) is 0 Å². The van der Waals surface area contributed by atoms with E-state index in [9.17, 15) is 5.11 Å². The van der Waals surface area contributed by atoms with E-state index in [1.54, 1.807) is 0 Å². The van der Waals surface area contributed by atoms with Crippen molar-refractivity contribution in [1.29, 1.82) is 0 Å². The first-order valence-corrected chi connectivity index (χ1v) is 6.68. The van der Waals surface area contributed by atoms with Crippen LogP contribution in [0.3, 0.4) is 0 Å². The van der Waals surface area contributed by atoms with Crippen molar-refractivity contribution < 1.29 is 9.84 Å². The number of benzene rings is 1. The van der Waals surface area contributed by atoms with E-state index in [0.29, 0.717) is 19.1 Å². The normalized spacial score (nSPS) is 14.8. The van der Waals surface area contributed by atoms with Crippen LogP contribution in [0, 0.1) is 5.92 Å². The Kier molecular flexibility index (Phi) is 7.38. The second kappa shape index (κ2) is 8.90. The second-order valence-corrected chi connectivity index (χ2v) is 4.70. The molecule has 0 spiro atoms. The fourth-order valence-corrected chi connectivity index (χ4v) is 1.63. The molecule has 100 valence electrons. The van der Waals surface area contributed by atoms with Crippen LogP contribution in [0.25, 0.3) is 0 Å². The van der Waals surface area contributed by atoms with Crippen molar-refractivity contribution in [2.24, 2.45) is 5.92 Å². The van der Waals surface area contributed by atoms with E-state index in [2.05, 4.69) is 25.1 Å². The molecule has 0 aliphatic carbocycles. The molecule has 1 aromatic carbocycles. The molecule has 2 atom stereocenters. The van der Waals surface area contributed by atoms with Crippen LogP contribution >= 0.6 is 0 Å². The van der Waals surface area contributed by atoms with Gasteiger partial charge >= 0.3 is 0 Å². The maximum absolute atomic E-state index is 9.41. The van der Waals surface area contributed by atoms with Gasteiger partial charge < -0.3 is 9.84 Å². The molecular weight excluding hydrogens is 224 g/mol. The molecule has 1 aromatic rings. The van der Waals surface area contributed by atoms with Gasteiger partial charge in [0.2, 0.25) is 0 Å². The molecule has 2 nitrogen and oxygen atoms in total. The minimum atomic E-state index is -0.210. The quantitative estimate of drug-likeness (QED) is 0.713. The van der Waals surface area contributed by atoms with Crippen molar-refractivity contribution in [3.63, 3.8) is 0 Å².